The van der Waals surface area contributed by atoms with Gasteiger partial charge in [-0.05, 0) is 30.0 Å². The second kappa shape index (κ2) is 9.46. The van der Waals surface area contributed by atoms with Crippen LogP contribution in [-0.2, 0) is 16.0 Å². The third kappa shape index (κ3) is 7.46. The fraction of sp³-hybridized carbons (Fsp3) is 0.529. The van der Waals surface area contributed by atoms with Crippen LogP contribution in [0.5, 0.6) is 0 Å². The Morgan fingerprint density at radius 3 is 2.36 bits per heavy atom. The first-order valence-electron chi connectivity index (χ1n) is 7.65. The van der Waals surface area contributed by atoms with Crippen molar-refractivity contribution in [2.24, 2.45) is 5.92 Å². The molecular weight excluding hydrogens is 300 g/mol. The van der Waals surface area contributed by atoms with Gasteiger partial charge in [0.1, 0.15) is 0 Å². The van der Waals surface area contributed by atoms with Gasteiger partial charge in [0.15, 0.2) is 0 Å². The third-order valence-electron chi connectivity index (χ3n) is 3.40. The van der Waals surface area contributed by atoms with Crippen molar-refractivity contribution in [2.45, 2.75) is 33.6 Å². The van der Waals surface area contributed by atoms with Crippen LogP contribution in [0.2, 0.25) is 5.02 Å². The molecule has 0 saturated carbocycles. The molecule has 0 spiro atoms. The highest BCUT2D eigenvalue weighted by Crippen LogP contribution is 2.09. The molecule has 0 saturated heterocycles. The Kier molecular flexibility index (Phi) is 7.96. The maximum atomic E-state index is 11.9. The molecule has 0 aromatic heterocycles. The van der Waals surface area contributed by atoms with Gasteiger partial charge in [0.25, 0.3) is 0 Å². The maximum absolute atomic E-state index is 11.9. The minimum atomic E-state index is -0.0466. The molecule has 0 unspecified atom stereocenters. The Morgan fingerprint density at radius 1 is 1.18 bits per heavy atom. The van der Waals surface area contributed by atoms with Crippen LogP contribution in [0, 0.1) is 5.92 Å². The average Bonchev–Trinajstić information content (AvgIpc) is 2.44. The van der Waals surface area contributed by atoms with Crippen LogP contribution in [-0.4, -0.2) is 36.3 Å². The second-order valence-corrected chi connectivity index (χ2v) is 6.28. The van der Waals surface area contributed by atoms with E-state index in [1.54, 1.807) is 24.0 Å². The molecule has 1 rings (SSSR count). The quantitative estimate of drug-likeness (QED) is 0.799. The largest absolute Gasteiger partial charge is 0.354 e. The predicted molar refractivity (Wildman–Crippen MR) is 89.9 cm³/mol. The summed E-state index contributed by atoms with van der Waals surface area (Å²) in [6.45, 7) is 7.59. The van der Waals surface area contributed by atoms with Crippen LogP contribution in [0.4, 0.5) is 0 Å². The molecule has 0 bridgehead atoms. The average molecular weight is 325 g/mol. The van der Waals surface area contributed by atoms with Crippen molar-refractivity contribution in [1.82, 2.24) is 10.2 Å². The summed E-state index contributed by atoms with van der Waals surface area (Å²) in [5.74, 6) is 0.559. The van der Waals surface area contributed by atoms with Gasteiger partial charge in [-0.3, -0.25) is 9.59 Å². The van der Waals surface area contributed by atoms with E-state index in [4.69, 9.17) is 11.6 Å². The van der Waals surface area contributed by atoms with Gasteiger partial charge >= 0.3 is 0 Å². The van der Waals surface area contributed by atoms with Crippen molar-refractivity contribution in [3.8, 4) is 0 Å². The summed E-state index contributed by atoms with van der Waals surface area (Å²) in [6.07, 6.45) is 1.29. The van der Waals surface area contributed by atoms with E-state index in [9.17, 15) is 9.59 Å². The summed E-state index contributed by atoms with van der Waals surface area (Å²) in [5.41, 5.74) is 0.921. The number of benzene rings is 1. The molecule has 0 aliphatic carbocycles. The van der Waals surface area contributed by atoms with E-state index < -0.39 is 0 Å². The van der Waals surface area contributed by atoms with Crippen molar-refractivity contribution >= 4 is 23.4 Å². The first-order chi connectivity index (χ1) is 10.4. The molecule has 0 aliphatic heterocycles. The molecule has 0 atom stereocenters. The topological polar surface area (TPSA) is 49.4 Å². The molecule has 5 heteroatoms. The highest BCUT2D eigenvalue weighted by molar-refractivity contribution is 6.30. The summed E-state index contributed by atoms with van der Waals surface area (Å²) >= 11 is 5.81. The zero-order chi connectivity index (χ0) is 16.5. The van der Waals surface area contributed by atoms with Crippen molar-refractivity contribution in [3.05, 3.63) is 34.9 Å². The van der Waals surface area contributed by atoms with Crippen molar-refractivity contribution in [2.75, 3.05) is 19.6 Å². The molecular formula is C17H25ClN2O2. The summed E-state index contributed by atoms with van der Waals surface area (Å²) in [7, 11) is 0. The monoisotopic (exact) mass is 324 g/mol. The number of nitrogens with one attached hydrogen (secondary N) is 1. The smallest absolute Gasteiger partial charge is 0.224 e. The minimum absolute atomic E-state index is 0.0466. The lowest BCUT2D eigenvalue weighted by Gasteiger charge is -2.22. The van der Waals surface area contributed by atoms with E-state index in [2.05, 4.69) is 19.2 Å². The molecule has 1 aromatic rings. The molecule has 0 radical (unpaired) electrons. The number of nitrogens with zero attached hydrogens (tertiary/aromatic N) is 1. The van der Waals surface area contributed by atoms with E-state index in [1.807, 2.05) is 12.1 Å². The Balaban J connectivity index is 2.33. The molecule has 4 nitrogen and oxygen atoms in total. The predicted octanol–water partition coefficient (Wildman–Crippen LogP) is 2.89. The van der Waals surface area contributed by atoms with E-state index in [0.29, 0.717) is 30.5 Å². The van der Waals surface area contributed by atoms with Gasteiger partial charge < -0.3 is 10.2 Å². The SMILES string of the molecule is CC(=O)N(CCNC(=O)Cc1ccc(Cl)cc1)CCC(C)C. The van der Waals surface area contributed by atoms with Gasteiger partial charge in [-0.1, -0.05) is 37.6 Å². The van der Waals surface area contributed by atoms with Gasteiger partial charge in [-0.2, -0.15) is 0 Å². The Bertz CT molecular complexity index is 486. The van der Waals surface area contributed by atoms with Crippen LogP contribution in [0.25, 0.3) is 0 Å². The molecule has 1 N–H and O–H groups in total. The van der Waals surface area contributed by atoms with Crippen molar-refractivity contribution in [1.29, 1.82) is 0 Å². The molecule has 1 aromatic carbocycles. The minimum Gasteiger partial charge on any atom is -0.354 e. The van der Waals surface area contributed by atoms with Gasteiger partial charge in [0, 0.05) is 31.6 Å². The van der Waals surface area contributed by atoms with E-state index >= 15 is 0 Å². The first-order valence-corrected chi connectivity index (χ1v) is 8.03. The van der Waals surface area contributed by atoms with Crippen molar-refractivity contribution in [3.63, 3.8) is 0 Å². The molecule has 122 valence electrons. The van der Waals surface area contributed by atoms with Crippen LogP contribution < -0.4 is 5.32 Å². The zero-order valence-electron chi connectivity index (χ0n) is 13.6. The Morgan fingerprint density at radius 2 is 1.82 bits per heavy atom. The van der Waals surface area contributed by atoms with Crippen molar-refractivity contribution < 1.29 is 9.59 Å². The number of carbonyl (C=O) groups excluding carboxylic acids is 2. The first kappa shape index (κ1) is 18.5. The molecule has 2 amide bonds. The molecule has 0 fully saturated rings. The van der Waals surface area contributed by atoms with Crippen LogP contribution in [0.15, 0.2) is 24.3 Å². The summed E-state index contributed by atoms with van der Waals surface area (Å²) in [6, 6.07) is 7.22. The second-order valence-electron chi connectivity index (χ2n) is 5.84. The van der Waals surface area contributed by atoms with Gasteiger partial charge in [-0.25, -0.2) is 0 Å². The van der Waals surface area contributed by atoms with Crippen LogP contribution in [0.1, 0.15) is 32.8 Å². The summed E-state index contributed by atoms with van der Waals surface area (Å²) in [4.78, 5) is 25.2. The van der Waals surface area contributed by atoms with E-state index in [-0.39, 0.29) is 11.8 Å². The van der Waals surface area contributed by atoms with Crippen LogP contribution >= 0.6 is 11.6 Å². The maximum Gasteiger partial charge on any atom is 0.224 e. The molecule has 0 heterocycles. The number of hydrogen-bond donors (Lipinski definition) is 1. The van der Waals surface area contributed by atoms with Gasteiger partial charge in [0.05, 0.1) is 6.42 Å². The highest BCUT2D eigenvalue weighted by Gasteiger charge is 2.10. The summed E-state index contributed by atoms with van der Waals surface area (Å²) in [5, 5.41) is 3.51. The fourth-order valence-electron chi connectivity index (χ4n) is 2.02. The Labute approximate surface area is 137 Å². The third-order valence-corrected chi connectivity index (χ3v) is 3.66. The molecule has 22 heavy (non-hydrogen) atoms. The standard InChI is InChI=1S/C17H25ClN2O2/c1-13(2)8-10-20(14(3)21)11-9-19-17(22)12-15-4-6-16(18)7-5-15/h4-7,13H,8-12H2,1-3H3,(H,19,22). The van der Waals surface area contributed by atoms with Gasteiger partial charge in [-0.15, -0.1) is 0 Å². The highest BCUT2D eigenvalue weighted by atomic mass is 35.5. The number of hydrogen-bond acceptors (Lipinski definition) is 2. The lowest BCUT2D eigenvalue weighted by molar-refractivity contribution is -0.129. The van der Waals surface area contributed by atoms with Gasteiger partial charge in [0.2, 0.25) is 11.8 Å². The number of amides is 2. The van der Waals surface area contributed by atoms with E-state index in [0.717, 1.165) is 18.5 Å². The summed E-state index contributed by atoms with van der Waals surface area (Å²) < 4.78 is 0. The number of rotatable bonds is 8. The van der Waals surface area contributed by atoms with E-state index in [1.165, 1.54) is 0 Å². The number of carbonyl (C=O) groups is 2. The zero-order valence-corrected chi connectivity index (χ0v) is 14.3. The fourth-order valence-corrected chi connectivity index (χ4v) is 2.15. The molecule has 0 aliphatic rings. The Hall–Kier alpha value is -1.55. The normalized spacial score (nSPS) is 10.6. The number of halogens is 1. The lowest BCUT2D eigenvalue weighted by Crippen LogP contribution is -2.38. The van der Waals surface area contributed by atoms with Crippen LogP contribution in [0.3, 0.4) is 0 Å². The lowest BCUT2D eigenvalue weighted by atomic mass is 10.1.